The first-order valence-corrected chi connectivity index (χ1v) is 7.16. The normalized spacial score (nSPS) is 19.1. The van der Waals surface area contributed by atoms with Gasteiger partial charge in [-0.2, -0.15) is 0 Å². The van der Waals surface area contributed by atoms with E-state index in [1.165, 1.54) is 0 Å². The predicted molar refractivity (Wildman–Crippen MR) is 80.8 cm³/mol. The quantitative estimate of drug-likeness (QED) is 0.865. The zero-order valence-electron chi connectivity index (χ0n) is 12.8. The van der Waals surface area contributed by atoms with Crippen molar-refractivity contribution in [3.8, 4) is 11.5 Å². The van der Waals surface area contributed by atoms with Gasteiger partial charge in [-0.05, 0) is 31.2 Å². The molecule has 1 aliphatic rings. The van der Waals surface area contributed by atoms with E-state index in [4.69, 9.17) is 15.2 Å². The van der Waals surface area contributed by atoms with Crippen molar-refractivity contribution >= 4 is 12.0 Å². The molecule has 22 heavy (non-hydrogen) atoms. The molecule has 0 spiro atoms. The molecule has 0 bridgehead atoms. The molecule has 2 rings (SSSR count). The summed E-state index contributed by atoms with van der Waals surface area (Å²) in [5, 5.41) is 0. The van der Waals surface area contributed by atoms with Crippen molar-refractivity contribution in [2.45, 2.75) is 13.0 Å². The molecule has 1 atom stereocenters. The number of likely N-dealkylation sites (N-methyl/N-ethyl adjacent to an activating group) is 1. The molecule has 7 nitrogen and oxygen atoms in total. The van der Waals surface area contributed by atoms with Crippen LogP contribution in [0.4, 0.5) is 4.79 Å². The Morgan fingerprint density at radius 2 is 1.91 bits per heavy atom. The maximum absolute atomic E-state index is 11.9. The molecule has 0 radical (unpaired) electrons. The Morgan fingerprint density at radius 3 is 2.55 bits per heavy atom. The van der Waals surface area contributed by atoms with Gasteiger partial charge in [0.05, 0.1) is 6.04 Å². The smallest absolute Gasteiger partial charge is 0.409 e. The molecular weight excluding hydrogens is 286 g/mol. The summed E-state index contributed by atoms with van der Waals surface area (Å²) in [6.07, 6.45) is -0.845. The van der Waals surface area contributed by atoms with Gasteiger partial charge in [0, 0.05) is 26.7 Å². The number of nitrogens with zero attached hydrogens (tertiary/aromatic N) is 2. The predicted octanol–water partition coefficient (Wildman–Crippen LogP) is 0.685. The first kappa shape index (κ1) is 16.1. The van der Waals surface area contributed by atoms with Crippen molar-refractivity contribution in [3.63, 3.8) is 0 Å². The van der Waals surface area contributed by atoms with Crippen molar-refractivity contribution in [2.24, 2.45) is 5.73 Å². The van der Waals surface area contributed by atoms with Crippen LogP contribution in [-0.4, -0.2) is 61.1 Å². The van der Waals surface area contributed by atoms with E-state index in [9.17, 15) is 9.59 Å². The number of carbonyl (C=O) groups excluding carboxylic acids is 2. The summed E-state index contributed by atoms with van der Waals surface area (Å²) in [5.74, 6) is 1.18. The molecule has 1 aliphatic heterocycles. The van der Waals surface area contributed by atoms with Crippen LogP contribution in [0.3, 0.4) is 0 Å². The lowest BCUT2D eigenvalue weighted by Gasteiger charge is -2.37. The lowest BCUT2D eigenvalue weighted by Crippen LogP contribution is -2.55. The Balaban J connectivity index is 1.79. The van der Waals surface area contributed by atoms with Crippen molar-refractivity contribution in [1.82, 2.24) is 9.80 Å². The fraction of sp³-hybridized carbons (Fsp3) is 0.467. The lowest BCUT2D eigenvalue weighted by atomic mass is 10.2. The van der Waals surface area contributed by atoms with Crippen LogP contribution in [0.2, 0.25) is 0 Å². The Kier molecular flexibility index (Phi) is 5.21. The highest BCUT2D eigenvalue weighted by atomic mass is 16.5. The minimum atomic E-state index is -0.845. The molecule has 7 heteroatoms. The highest BCUT2D eigenvalue weighted by molar-refractivity contribution is 5.81. The zero-order chi connectivity index (χ0) is 16.1. The molecule has 2 N–H and O–H groups in total. The van der Waals surface area contributed by atoms with E-state index in [0.29, 0.717) is 24.7 Å². The molecule has 1 saturated heterocycles. The van der Waals surface area contributed by atoms with E-state index in [-0.39, 0.29) is 11.9 Å². The Labute approximate surface area is 129 Å². The van der Waals surface area contributed by atoms with Crippen LogP contribution in [0, 0.1) is 0 Å². The van der Waals surface area contributed by atoms with Gasteiger partial charge >= 0.3 is 6.09 Å². The lowest BCUT2D eigenvalue weighted by molar-refractivity contribution is -0.139. The van der Waals surface area contributed by atoms with Gasteiger partial charge in [0.25, 0.3) is 0 Å². The number of rotatable bonds is 5. The van der Waals surface area contributed by atoms with Gasteiger partial charge in [-0.15, -0.1) is 0 Å². The van der Waals surface area contributed by atoms with Gasteiger partial charge in [0.2, 0.25) is 5.91 Å². The molecular formula is C15H21N3O4. The van der Waals surface area contributed by atoms with Gasteiger partial charge in [-0.3, -0.25) is 9.69 Å². The van der Waals surface area contributed by atoms with Crippen molar-refractivity contribution < 1.29 is 19.1 Å². The maximum Gasteiger partial charge on any atom is 0.409 e. The number of piperazine rings is 1. The highest BCUT2D eigenvalue weighted by Crippen LogP contribution is 2.17. The summed E-state index contributed by atoms with van der Waals surface area (Å²) in [6.45, 7) is 4.66. The molecule has 1 aromatic rings. The SMILES string of the molecule is CC1C(=O)N(C)CCN1CCOc1ccc(OC(N)=O)cc1. The van der Waals surface area contributed by atoms with Crippen LogP contribution in [0.25, 0.3) is 0 Å². The summed E-state index contributed by atoms with van der Waals surface area (Å²) >= 11 is 0. The number of hydrogen-bond acceptors (Lipinski definition) is 5. The molecule has 1 unspecified atom stereocenters. The van der Waals surface area contributed by atoms with Gasteiger partial charge in [-0.1, -0.05) is 0 Å². The van der Waals surface area contributed by atoms with Gasteiger partial charge in [0.1, 0.15) is 18.1 Å². The number of ether oxygens (including phenoxy) is 2. The summed E-state index contributed by atoms with van der Waals surface area (Å²) < 4.78 is 10.4. The average Bonchev–Trinajstić information content (AvgIpc) is 2.48. The van der Waals surface area contributed by atoms with Crippen LogP contribution < -0.4 is 15.2 Å². The van der Waals surface area contributed by atoms with Crippen LogP contribution in [0.5, 0.6) is 11.5 Å². The Morgan fingerprint density at radius 1 is 1.27 bits per heavy atom. The second-order valence-corrected chi connectivity index (χ2v) is 5.21. The Hall–Kier alpha value is -2.28. The third kappa shape index (κ3) is 4.11. The van der Waals surface area contributed by atoms with E-state index in [1.807, 2.05) is 14.0 Å². The largest absolute Gasteiger partial charge is 0.492 e. The topological polar surface area (TPSA) is 85.1 Å². The van der Waals surface area contributed by atoms with Crippen LogP contribution >= 0.6 is 0 Å². The third-order valence-electron chi connectivity index (χ3n) is 3.69. The van der Waals surface area contributed by atoms with Gasteiger partial charge < -0.3 is 20.1 Å². The molecule has 0 aliphatic carbocycles. The zero-order valence-corrected chi connectivity index (χ0v) is 12.8. The third-order valence-corrected chi connectivity index (χ3v) is 3.69. The summed E-state index contributed by atoms with van der Waals surface area (Å²) in [4.78, 5) is 26.4. The minimum absolute atomic E-state index is 0.117. The second-order valence-electron chi connectivity index (χ2n) is 5.21. The van der Waals surface area contributed by atoms with Crippen LogP contribution in [0.15, 0.2) is 24.3 Å². The fourth-order valence-electron chi connectivity index (χ4n) is 2.36. The first-order valence-electron chi connectivity index (χ1n) is 7.16. The summed E-state index contributed by atoms with van der Waals surface area (Å²) in [5.41, 5.74) is 4.93. The number of carbonyl (C=O) groups is 2. The number of primary amides is 1. The van der Waals surface area contributed by atoms with E-state index in [0.717, 1.165) is 13.1 Å². The monoisotopic (exact) mass is 307 g/mol. The summed E-state index contributed by atoms with van der Waals surface area (Å²) in [6, 6.07) is 6.52. The molecule has 0 saturated carbocycles. The van der Waals surface area contributed by atoms with Crippen LogP contribution in [0.1, 0.15) is 6.92 Å². The highest BCUT2D eigenvalue weighted by Gasteiger charge is 2.28. The first-order chi connectivity index (χ1) is 10.5. The summed E-state index contributed by atoms with van der Waals surface area (Å²) in [7, 11) is 1.82. The van der Waals surface area contributed by atoms with Gasteiger partial charge in [-0.25, -0.2) is 4.79 Å². The van der Waals surface area contributed by atoms with Crippen molar-refractivity contribution in [3.05, 3.63) is 24.3 Å². The van der Waals surface area contributed by atoms with E-state index >= 15 is 0 Å². The molecule has 0 aromatic heterocycles. The standard InChI is InChI=1S/C15H21N3O4/c1-11-14(19)17(2)7-8-18(11)9-10-21-12-3-5-13(6-4-12)22-15(16)20/h3-6,11H,7-10H2,1-2H3,(H2,16,20). The van der Waals surface area contributed by atoms with Crippen molar-refractivity contribution in [2.75, 3.05) is 33.3 Å². The van der Waals surface area contributed by atoms with E-state index in [1.54, 1.807) is 29.2 Å². The van der Waals surface area contributed by atoms with Gasteiger partial charge in [0.15, 0.2) is 0 Å². The molecule has 1 heterocycles. The van der Waals surface area contributed by atoms with Crippen molar-refractivity contribution in [1.29, 1.82) is 0 Å². The molecule has 1 fully saturated rings. The van der Waals surface area contributed by atoms with E-state index in [2.05, 4.69) is 4.90 Å². The molecule has 1 aromatic carbocycles. The molecule has 2 amide bonds. The fourth-order valence-corrected chi connectivity index (χ4v) is 2.36. The average molecular weight is 307 g/mol. The molecule has 120 valence electrons. The number of hydrogen-bond donors (Lipinski definition) is 1. The van der Waals surface area contributed by atoms with E-state index < -0.39 is 6.09 Å². The van der Waals surface area contributed by atoms with Crippen LogP contribution in [-0.2, 0) is 4.79 Å². The Bertz CT molecular complexity index is 532. The second kappa shape index (κ2) is 7.13. The maximum atomic E-state index is 11.9. The number of benzene rings is 1. The number of nitrogens with two attached hydrogens (primary N) is 1. The minimum Gasteiger partial charge on any atom is -0.492 e. The number of amides is 2.